The molecule has 0 aromatic heterocycles. The largest absolute Gasteiger partial charge is 0.302 e. The number of halogens is 2. The lowest BCUT2D eigenvalue weighted by Gasteiger charge is -2.15. The van der Waals surface area contributed by atoms with Crippen LogP contribution in [0.1, 0.15) is 12.8 Å². The van der Waals surface area contributed by atoms with Crippen LogP contribution in [-0.2, 0) is 10.0 Å². The molecular formula is C12H16Br2N2O2S. The van der Waals surface area contributed by atoms with Crippen molar-refractivity contribution in [2.75, 3.05) is 26.2 Å². The fourth-order valence-electron chi connectivity index (χ4n) is 2.12. The lowest BCUT2D eigenvalue weighted by Crippen LogP contribution is -2.33. The average Bonchev–Trinajstić information content (AvgIpc) is 2.81. The number of likely N-dealkylation sites (tertiary alicyclic amines) is 1. The fourth-order valence-corrected chi connectivity index (χ4v) is 4.88. The molecule has 0 radical (unpaired) electrons. The Hall–Kier alpha value is 0.0500. The molecule has 0 unspecified atom stereocenters. The van der Waals surface area contributed by atoms with Crippen LogP contribution in [-0.4, -0.2) is 39.5 Å². The van der Waals surface area contributed by atoms with Crippen molar-refractivity contribution >= 4 is 41.9 Å². The van der Waals surface area contributed by atoms with Gasteiger partial charge in [0.15, 0.2) is 0 Å². The summed E-state index contributed by atoms with van der Waals surface area (Å²) in [6.45, 7) is 3.37. The number of nitrogens with zero attached hydrogens (tertiary/aromatic N) is 1. The number of sulfonamides is 1. The summed E-state index contributed by atoms with van der Waals surface area (Å²) in [6.07, 6.45) is 2.43. The van der Waals surface area contributed by atoms with Gasteiger partial charge in [-0.15, -0.1) is 0 Å². The van der Waals surface area contributed by atoms with E-state index in [1.54, 1.807) is 18.2 Å². The Morgan fingerprint density at radius 2 is 1.89 bits per heavy atom. The van der Waals surface area contributed by atoms with Gasteiger partial charge in [-0.3, -0.25) is 0 Å². The third kappa shape index (κ3) is 4.26. The van der Waals surface area contributed by atoms with Crippen molar-refractivity contribution in [2.45, 2.75) is 17.7 Å². The van der Waals surface area contributed by atoms with Crippen molar-refractivity contribution in [3.05, 3.63) is 27.1 Å². The van der Waals surface area contributed by atoms with Gasteiger partial charge in [-0.2, -0.15) is 0 Å². The molecule has 1 N–H and O–H groups in total. The van der Waals surface area contributed by atoms with Gasteiger partial charge in [0.05, 0.1) is 4.90 Å². The molecule has 0 spiro atoms. The van der Waals surface area contributed by atoms with Crippen molar-refractivity contribution in [2.24, 2.45) is 0 Å². The molecule has 1 heterocycles. The average molecular weight is 412 g/mol. The zero-order valence-corrected chi connectivity index (χ0v) is 14.4. The monoisotopic (exact) mass is 410 g/mol. The Balaban J connectivity index is 1.97. The predicted molar refractivity (Wildman–Crippen MR) is 82.7 cm³/mol. The number of hydrogen-bond donors (Lipinski definition) is 1. The third-order valence-corrected chi connectivity index (χ3v) is 6.03. The van der Waals surface area contributed by atoms with Crippen LogP contribution in [0, 0.1) is 0 Å². The zero-order chi connectivity index (χ0) is 13.9. The first-order valence-corrected chi connectivity index (χ1v) is 9.23. The van der Waals surface area contributed by atoms with Gasteiger partial charge in [0.25, 0.3) is 0 Å². The van der Waals surface area contributed by atoms with Gasteiger partial charge in [-0.25, -0.2) is 13.1 Å². The van der Waals surface area contributed by atoms with Crippen LogP contribution < -0.4 is 4.72 Å². The van der Waals surface area contributed by atoms with Gasteiger partial charge in [0, 0.05) is 22.0 Å². The summed E-state index contributed by atoms with van der Waals surface area (Å²) < 4.78 is 28.4. The van der Waals surface area contributed by atoms with E-state index in [2.05, 4.69) is 41.5 Å². The Morgan fingerprint density at radius 3 is 2.53 bits per heavy atom. The minimum atomic E-state index is -3.44. The van der Waals surface area contributed by atoms with E-state index in [-0.39, 0.29) is 4.90 Å². The first-order chi connectivity index (χ1) is 8.99. The normalized spacial score (nSPS) is 16.9. The van der Waals surface area contributed by atoms with E-state index in [0.29, 0.717) is 11.0 Å². The van der Waals surface area contributed by atoms with E-state index in [4.69, 9.17) is 0 Å². The van der Waals surface area contributed by atoms with Crippen molar-refractivity contribution < 1.29 is 8.42 Å². The quantitative estimate of drug-likeness (QED) is 0.809. The molecule has 1 aliphatic rings. The molecule has 1 aliphatic heterocycles. The Morgan fingerprint density at radius 1 is 1.21 bits per heavy atom. The van der Waals surface area contributed by atoms with Crippen molar-refractivity contribution in [3.8, 4) is 0 Å². The second-order valence-corrected chi connectivity index (χ2v) is 8.03. The molecule has 19 heavy (non-hydrogen) atoms. The van der Waals surface area contributed by atoms with Crippen LogP contribution in [0.4, 0.5) is 0 Å². The van der Waals surface area contributed by atoms with Crippen LogP contribution in [0.2, 0.25) is 0 Å². The molecule has 0 aliphatic carbocycles. The second kappa shape index (κ2) is 6.67. The summed E-state index contributed by atoms with van der Waals surface area (Å²) in [6, 6.07) is 5.04. The SMILES string of the molecule is O=S(=O)(NCCN1CCCC1)c1ccc(Br)cc1Br. The van der Waals surface area contributed by atoms with Crippen LogP contribution in [0.25, 0.3) is 0 Å². The molecule has 1 aromatic carbocycles. The second-order valence-electron chi connectivity index (χ2n) is 4.52. The molecule has 0 amide bonds. The highest BCUT2D eigenvalue weighted by Gasteiger charge is 2.18. The molecule has 106 valence electrons. The molecule has 1 aromatic rings. The van der Waals surface area contributed by atoms with Gasteiger partial charge in [0.1, 0.15) is 0 Å². The van der Waals surface area contributed by atoms with E-state index < -0.39 is 10.0 Å². The molecular weight excluding hydrogens is 396 g/mol. The highest BCUT2D eigenvalue weighted by molar-refractivity contribution is 9.11. The third-order valence-electron chi connectivity index (χ3n) is 3.10. The van der Waals surface area contributed by atoms with Crippen LogP contribution in [0.15, 0.2) is 32.0 Å². The number of hydrogen-bond acceptors (Lipinski definition) is 3. The summed E-state index contributed by atoms with van der Waals surface area (Å²) in [5, 5.41) is 0. The van der Waals surface area contributed by atoms with Gasteiger partial charge < -0.3 is 4.90 Å². The van der Waals surface area contributed by atoms with Crippen molar-refractivity contribution in [1.29, 1.82) is 0 Å². The molecule has 1 saturated heterocycles. The molecule has 7 heteroatoms. The van der Waals surface area contributed by atoms with Gasteiger partial charge in [0.2, 0.25) is 10.0 Å². The minimum Gasteiger partial charge on any atom is -0.302 e. The minimum absolute atomic E-state index is 0.275. The van der Waals surface area contributed by atoms with E-state index in [1.807, 2.05) is 0 Å². The van der Waals surface area contributed by atoms with E-state index >= 15 is 0 Å². The maximum atomic E-state index is 12.2. The number of nitrogens with one attached hydrogen (secondary N) is 1. The standard InChI is InChI=1S/C12H16Br2N2O2S/c13-10-3-4-12(11(14)9-10)19(17,18)15-5-8-16-6-1-2-7-16/h3-4,9,15H,1-2,5-8H2. The van der Waals surface area contributed by atoms with Gasteiger partial charge in [-0.05, 0) is 60.1 Å². The summed E-state index contributed by atoms with van der Waals surface area (Å²) in [4.78, 5) is 2.55. The smallest absolute Gasteiger partial charge is 0.241 e. The van der Waals surface area contributed by atoms with Gasteiger partial charge >= 0.3 is 0 Å². The molecule has 1 fully saturated rings. The van der Waals surface area contributed by atoms with E-state index in [1.165, 1.54) is 12.8 Å². The van der Waals surface area contributed by atoms with Crippen molar-refractivity contribution in [3.63, 3.8) is 0 Å². The first-order valence-electron chi connectivity index (χ1n) is 6.16. The Kier molecular flexibility index (Phi) is 5.42. The molecule has 0 atom stereocenters. The Labute approximate surface area is 130 Å². The molecule has 2 rings (SSSR count). The van der Waals surface area contributed by atoms with Gasteiger partial charge in [-0.1, -0.05) is 15.9 Å². The topological polar surface area (TPSA) is 49.4 Å². The lowest BCUT2D eigenvalue weighted by molar-refractivity contribution is 0.344. The van der Waals surface area contributed by atoms with Crippen molar-refractivity contribution in [1.82, 2.24) is 9.62 Å². The Bertz CT molecular complexity index is 543. The molecule has 0 saturated carbocycles. The summed E-state index contributed by atoms with van der Waals surface area (Å²) >= 11 is 6.59. The predicted octanol–water partition coefficient (Wildman–Crippen LogP) is 2.59. The molecule has 4 nitrogen and oxygen atoms in total. The van der Waals surface area contributed by atoms with E-state index in [0.717, 1.165) is 24.1 Å². The lowest BCUT2D eigenvalue weighted by atomic mass is 10.4. The van der Waals surface area contributed by atoms with Crippen LogP contribution in [0.3, 0.4) is 0 Å². The fraction of sp³-hybridized carbons (Fsp3) is 0.500. The van der Waals surface area contributed by atoms with Crippen LogP contribution >= 0.6 is 31.9 Å². The maximum absolute atomic E-state index is 12.2. The molecule has 0 bridgehead atoms. The first kappa shape index (κ1) is 15.4. The number of benzene rings is 1. The summed E-state index contributed by atoms with van der Waals surface area (Å²) in [7, 11) is -3.44. The van der Waals surface area contributed by atoms with Crippen LogP contribution in [0.5, 0.6) is 0 Å². The van der Waals surface area contributed by atoms with E-state index in [9.17, 15) is 8.42 Å². The number of rotatable bonds is 5. The summed E-state index contributed by atoms with van der Waals surface area (Å²) in [5.41, 5.74) is 0. The summed E-state index contributed by atoms with van der Waals surface area (Å²) in [5.74, 6) is 0. The zero-order valence-electron chi connectivity index (χ0n) is 10.4. The maximum Gasteiger partial charge on any atom is 0.241 e. The highest BCUT2D eigenvalue weighted by Crippen LogP contribution is 2.25. The highest BCUT2D eigenvalue weighted by atomic mass is 79.9.